The van der Waals surface area contributed by atoms with E-state index in [9.17, 15) is 9.90 Å². The van der Waals surface area contributed by atoms with Crippen molar-refractivity contribution in [2.24, 2.45) is 0 Å². The van der Waals surface area contributed by atoms with Crippen molar-refractivity contribution in [2.45, 2.75) is 19.1 Å². The molecule has 1 aromatic carbocycles. The largest absolute Gasteiger partial charge is 0.461 e. The molecule has 2 fully saturated rings. The van der Waals surface area contributed by atoms with Crippen LogP contribution in [0.5, 0.6) is 0 Å². The minimum atomic E-state index is -0.479. The summed E-state index contributed by atoms with van der Waals surface area (Å²) in [4.78, 5) is 19.3. The molecule has 0 unspecified atom stereocenters. The van der Waals surface area contributed by atoms with Crippen molar-refractivity contribution in [1.29, 1.82) is 0 Å². The van der Waals surface area contributed by atoms with E-state index in [1.54, 1.807) is 4.90 Å². The van der Waals surface area contributed by atoms with Gasteiger partial charge in [0.05, 0.1) is 12.1 Å². The van der Waals surface area contributed by atoms with Crippen LogP contribution in [0.1, 0.15) is 16.1 Å². The molecule has 2 atom stereocenters. The van der Waals surface area contributed by atoms with Crippen molar-refractivity contribution in [3.63, 3.8) is 0 Å². The van der Waals surface area contributed by atoms with Gasteiger partial charge in [-0.25, -0.2) is 0 Å². The summed E-state index contributed by atoms with van der Waals surface area (Å²) in [7, 11) is 2.12. The van der Waals surface area contributed by atoms with E-state index in [-0.39, 0.29) is 11.9 Å². The van der Waals surface area contributed by atoms with E-state index in [0.29, 0.717) is 18.7 Å². The van der Waals surface area contributed by atoms with E-state index in [1.165, 1.54) is 0 Å². The number of β-amino-alcohol motifs (C(OH)–C–C–N with tert-alkyl or cyclic N) is 1. The van der Waals surface area contributed by atoms with Gasteiger partial charge in [0.2, 0.25) is 0 Å². The molecular weight excluding hydrogens is 318 g/mol. The monoisotopic (exact) mass is 343 g/mol. The van der Waals surface area contributed by atoms with Gasteiger partial charge in [0, 0.05) is 50.2 Å². The van der Waals surface area contributed by atoms with Gasteiger partial charge >= 0.3 is 0 Å². The standard InChI is InChI=1S/C19H25N3O3/c1-13-9-15-10-14(3-4-18(15)25-13)19(24)22-11-16(17(23)12-22)21-7-5-20(2)6-8-21/h3-4,9-10,16-17,23H,5-8,11-12H2,1-2H3/t16-,17-/m1/s1. The summed E-state index contributed by atoms with van der Waals surface area (Å²) in [5, 5.41) is 11.4. The number of carbonyl (C=O) groups is 1. The number of rotatable bonds is 2. The topological polar surface area (TPSA) is 60.2 Å². The second-order valence-electron chi connectivity index (χ2n) is 7.29. The van der Waals surface area contributed by atoms with E-state index in [1.807, 2.05) is 31.2 Å². The summed E-state index contributed by atoms with van der Waals surface area (Å²) in [5.41, 5.74) is 1.45. The van der Waals surface area contributed by atoms with Crippen molar-refractivity contribution >= 4 is 16.9 Å². The third kappa shape index (κ3) is 3.17. The molecule has 2 aromatic rings. The maximum atomic E-state index is 12.9. The lowest BCUT2D eigenvalue weighted by atomic mass is 10.1. The van der Waals surface area contributed by atoms with Gasteiger partial charge in [0.1, 0.15) is 11.3 Å². The summed E-state index contributed by atoms with van der Waals surface area (Å²) >= 11 is 0. The molecule has 2 aliphatic rings. The number of aliphatic hydroxyl groups excluding tert-OH is 1. The van der Waals surface area contributed by atoms with E-state index < -0.39 is 6.10 Å². The number of benzene rings is 1. The zero-order valence-electron chi connectivity index (χ0n) is 14.8. The summed E-state index contributed by atoms with van der Waals surface area (Å²) in [6.07, 6.45) is -0.479. The van der Waals surface area contributed by atoms with Crippen molar-refractivity contribution in [2.75, 3.05) is 46.3 Å². The number of amides is 1. The molecule has 0 spiro atoms. The first-order valence-electron chi connectivity index (χ1n) is 8.91. The first-order valence-corrected chi connectivity index (χ1v) is 8.91. The number of furan rings is 1. The Morgan fingerprint density at radius 1 is 1.16 bits per heavy atom. The molecule has 3 heterocycles. The van der Waals surface area contributed by atoms with E-state index in [4.69, 9.17) is 4.42 Å². The van der Waals surface area contributed by atoms with Crippen LogP contribution in [-0.4, -0.2) is 84.2 Å². The molecule has 0 radical (unpaired) electrons. The molecule has 2 saturated heterocycles. The van der Waals surface area contributed by atoms with Gasteiger partial charge in [-0.1, -0.05) is 0 Å². The van der Waals surface area contributed by atoms with Crippen LogP contribution in [0.4, 0.5) is 0 Å². The number of hydrogen-bond donors (Lipinski definition) is 1. The lowest BCUT2D eigenvalue weighted by Gasteiger charge is -2.37. The second kappa shape index (κ2) is 6.44. The first-order chi connectivity index (χ1) is 12.0. The fourth-order valence-electron chi connectivity index (χ4n) is 3.94. The van der Waals surface area contributed by atoms with Crippen LogP contribution in [0, 0.1) is 6.92 Å². The Labute approximate surface area is 147 Å². The average Bonchev–Trinajstić information content (AvgIpc) is 3.16. The SMILES string of the molecule is Cc1cc2cc(C(=O)N3C[C@@H](O)[C@H](N4CCN(C)CC4)C3)ccc2o1. The molecule has 134 valence electrons. The van der Waals surface area contributed by atoms with Crippen molar-refractivity contribution in [3.8, 4) is 0 Å². The van der Waals surface area contributed by atoms with Crippen molar-refractivity contribution < 1.29 is 14.3 Å². The molecule has 0 bridgehead atoms. The molecular formula is C19H25N3O3. The molecule has 25 heavy (non-hydrogen) atoms. The molecule has 4 rings (SSSR count). The second-order valence-corrected chi connectivity index (χ2v) is 7.29. The maximum absolute atomic E-state index is 12.9. The maximum Gasteiger partial charge on any atom is 0.254 e. The number of aryl methyl sites for hydroxylation is 1. The quantitative estimate of drug-likeness (QED) is 0.887. The smallest absolute Gasteiger partial charge is 0.254 e. The lowest BCUT2D eigenvalue weighted by Crippen LogP contribution is -2.52. The van der Waals surface area contributed by atoms with Crippen LogP contribution in [-0.2, 0) is 0 Å². The Morgan fingerprint density at radius 2 is 1.92 bits per heavy atom. The number of nitrogens with zero attached hydrogens (tertiary/aromatic N) is 3. The van der Waals surface area contributed by atoms with Gasteiger partial charge in [0.25, 0.3) is 5.91 Å². The van der Waals surface area contributed by atoms with Gasteiger partial charge in [-0.15, -0.1) is 0 Å². The van der Waals surface area contributed by atoms with Crippen molar-refractivity contribution in [1.82, 2.24) is 14.7 Å². The summed E-state index contributed by atoms with van der Waals surface area (Å²) in [6.45, 7) is 6.80. The lowest BCUT2D eigenvalue weighted by molar-refractivity contribution is 0.0512. The fraction of sp³-hybridized carbons (Fsp3) is 0.526. The number of hydrogen-bond acceptors (Lipinski definition) is 5. The minimum absolute atomic E-state index is 0.0172. The minimum Gasteiger partial charge on any atom is -0.461 e. The molecule has 0 aliphatic carbocycles. The highest BCUT2D eigenvalue weighted by molar-refractivity contribution is 5.98. The van der Waals surface area contributed by atoms with Gasteiger partial charge < -0.3 is 19.3 Å². The van der Waals surface area contributed by atoms with Gasteiger partial charge in [-0.05, 0) is 38.2 Å². The normalized spacial score (nSPS) is 25.8. The number of fused-ring (bicyclic) bond motifs is 1. The molecule has 1 aromatic heterocycles. The molecule has 2 aliphatic heterocycles. The highest BCUT2D eigenvalue weighted by Crippen LogP contribution is 2.24. The third-order valence-electron chi connectivity index (χ3n) is 5.44. The van der Waals surface area contributed by atoms with Crippen LogP contribution in [0.3, 0.4) is 0 Å². The first kappa shape index (κ1) is 16.6. The molecule has 6 nitrogen and oxygen atoms in total. The Morgan fingerprint density at radius 3 is 2.68 bits per heavy atom. The zero-order chi connectivity index (χ0) is 17.6. The average molecular weight is 343 g/mol. The van der Waals surface area contributed by atoms with Gasteiger partial charge in [-0.2, -0.15) is 0 Å². The number of likely N-dealkylation sites (tertiary alicyclic amines) is 1. The predicted molar refractivity (Wildman–Crippen MR) is 95.7 cm³/mol. The van der Waals surface area contributed by atoms with Gasteiger partial charge in [-0.3, -0.25) is 9.69 Å². The Hall–Kier alpha value is -1.89. The summed E-state index contributed by atoms with van der Waals surface area (Å²) in [6, 6.07) is 7.52. The number of likely N-dealkylation sites (N-methyl/N-ethyl adjacent to an activating group) is 1. The number of piperazine rings is 1. The third-order valence-corrected chi connectivity index (χ3v) is 5.44. The van der Waals surface area contributed by atoms with Crippen molar-refractivity contribution in [3.05, 3.63) is 35.6 Å². The van der Waals surface area contributed by atoms with Crippen LogP contribution < -0.4 is 0 Å². The van der Waals surface area contributed by atoms with E-state index in [2.05, 4.69) is 16.8 Å². The number of carbonyl (C=O) groups excluding carboxylic acids is 1. The molecule has 1 N–H and O–H groups in total. The Kier molecular flexibility index (Phi) is 4.27. The highest BCUT2D eigenvalue weighted by atomic mass is 16.3. The van der Waals surface area contributed by atoms with E-state index >= 15 is 0 Å². The Bertz CT molecular complexity index is 779. The fourth-order valence-corrected chi connectivity index (χ4v) is 3.94. The molecule has 1 amide bonds. The van der Waals surface area contributed by atoms with Crippen LogP contribution in [0.15, 0.2) is 28.7 Å². The number of aliphatic hydroxyl groups is 1. The molecule has 6 heteroatoms. The van der Waals surface area contributed by atoms with E-state index in [0.717, 1.165) is 42.9 Å². The highest BCUT2D eigenvalue weighted by Gasteiger charge is 2.38. The summed E-state index contributed by atoms with van der Waals surface area (Å²) < 4.78 is 5.57. The zero-order valence-corrected chi connectivity index (χ0v) is 14.8. The predicted octanol–water partition coefficient (Wildman–Crippen LogP) is 1.17. The van der Waals surface area contributed by atoms with Crippen LogP contribution in [0.25, 0.3) is 11.0 Å². The summed E-state index contributed by atoms with van der Waals surface area (Å²) in [5.74, 6) is 0.822. The van der Waals surface area contributed by atoms with Gasteiger partial charge in [0.15, 0.2) is 0 Å². The van der Waals surface area contributed by atoms with Crippen LogP contribution >= 0.6 is 0 Å². The molecule has 0 saturated carbocycles. The Balaban J connectivity index is 1.48. The van der Waals surface area contributed by atoms with Crippen LogP contribution in [0.2, 0.25) is 0 Å².